The molecule has 0 bridgehead atoms. The largest absolute Gasteiger partial charge is 0.477 e. The second-order valence-corrected chi connectivity index (χ2v) is 8.30. The Kier molecular flexibility index (Phi) is 6.29. The van der Waals surface area contributed by atoms with Gasteiger partial charge in [0.15, 0.2) is 5.82 Å². The number of hydrogen-bond acceptors (Lipinski definition) is 5. The molecule has 0 spiro atoms. The van der Waals surface area contributed by atoms with Crippen LogP contribution in [0.1, 0.15) is 53.6 Å². The van der Waals surface area contributed by atoms with Gasteiger partial charge in [-0.3, -0.25) is 14.0 Å². The number of nitrogens with zero attached hydrogens (tertiary/aromatic N) is 2. The number of carboxylic acids is 1. The second-order valence-electron chi connectivity index (χ2n) is 8.30. The highest BCUT2D eigenvalue weighted by Crippen LogP contribution is 2.44. The standard InChI is InChI=1S/C21H25FN4O4.ClH/c1-10-17-14(12-3-4-12)7-15(21(29)30)20(28)26(17)9-16(22)18(10)25-6-5-13(8-25)24-19(27)11(2)23;/h7,9,11-13H,3-6,8,23H2,1-2H3,(H,24,27)(H,29,30);1H/t11-,13-;/m0./s1. The van der Waals surface area contributed by atoms with E-state index in [4.69, 9.17) is 5.73 Å². The van der Waals surface area contributed by atoms with Crippen LogP contribution in [0.5, 0.6) is 0 Å². The van der Waals surface area contributed by atoms with Crippen molar-refractivity contribution in [3.05, 3.63) is 45.1 Å². The molecular weight excluding hydrogens is 427 g/mol. The number of hydrogen-bond donors (Lipinski definition) is 3. The van der Waals surface area contributed by atoms with E-state index in [1.54, 1.807) is 13.8 Å². The first kappa shape index (κ1) is 23.0. The minimum Gasteiger partial charge on any atom is -0.477 e. The Bertz CT molecular complexity index is 1110. The number of aromatic nitrogens is 1. The lowest BCUT2D eigenvalue weighted by molar-refractivity contribution is -0.122. The van der Waals surface area contributed by atoms with Crippen LogP contribution in [0.3, 0.4) is 0 Å². The van der Waals surface area contributed by atoms with Crippen LogP contribution in [-0.4, -0.2) is 46.6 Å². The first-order valence-electron chi connectivity index (χ1n) is 10.1. The smallest absolute Gasteiger partial charge is 0.341 e. The number of carbonyl (C=O) groups is 2. The molecule has 2 aromatic rings. The topological polar surface area (TPSA) is 117 Å². The van der Waals surface area contributed by atoms with Crippen LogP contribution in [0.2, 0.25) is 0 Å². The molecule has 2 aliphatic rings. The third-order valence-corrected chi connectivity index (χ3v) is 5.95. The summed E-state index contributed by atoms with van der Waals surface area (Å²) >= 11 is 0. The number of rotatable bonds is 5. The van der Waals surface area contributed by atoms with Crippen molar-refractivity contribution in [2.24, 2.45) is 5.73 Å². The van der Waals surface area contributed by atoms with Gasteiger partial charge in [0, 0.05) is 19.1 Å². The molecule has 1 amide bonds. The van der Waals surface area contributed by atoms with Crippen LogP contribution in [0, 0.1) is 12.7 Å². The van der Waals surface area contributed by atoms with E-state index >= 15 is 4.39 Å². The molecule has 2 atom stereocenters. The number of amides is 1. The fourth-order valence-corrected chi connectivity index (χ4v) is 4.30. The zero-order valence-electron chi connectivity index (χ0n) is 17.4. The average Bonchev–Trinajstić information content (AvgIpc) is 3.42. The number of anilines is 1. The molecule has 1 saturated carbocycles. The molecule has 2 fully saturated rings. The van der Waals surface area contributed by atoms with Crippen molar-refractivity contribution in [2.75, 3.05) is 18.0 Å². The number of pyridine rings is 2. The van der Waals surface area contributed by atoms with E-state index in [9.17, 15) is 19.5 Å². The van der Waals surface area contributed by atoms with Gasteiger partial charge in [0.1, 0.15) is 5.56 Å². The summed E-state index contributed by atoms with van der Waals surface area (Å²) in [4.78, 5) is 38.0. The lowest BCUT2D eigenvalue weighted by atomic mass is 10.0. The van der Waals surface area contributed by atoms with E-state index < -0.39 is 23.4 Å². The summed E-state index contributed by atoms with van der Waals surface area (Å²) in [7, 11) is 0. The van der Waals surface area contributed by atoms with Crippen molar-refractivity contribution >= 4 is 35.5 Å². The minimum atomic E-state index is -1.31. The minimum absolute atomic E-state index is 0. The molecule has 1 aliphatic heterocycles. The molecule has 4 N–H and O–H groups in total. The van der Waals surface area contributed by atoms with E-state index in [0.717, 1.165) is 29.0 Å². The number of carbonyl (C=O) groups excluding carboxylic acids is 1. The van der Waals surface area contributed by atoms with Crippen LogP contribution < -0.4 is 21.5 Å². The van der Waals surface area contributed by atoms with Gasteiger partial charge in [0.25, 0.3) is 5.56 Å². The van der Waals surface area contributed by atoms with Gasteiger partial charge < -0.3 is 21.1 Å². The van der Waals surface area contributed by atoms with Crippen LogP contribution in [0.15, 0.2) is 17.1 Å². The van der Waals surface area contributed by atoms with Gasteiger partial charge in [-0.1, -0.05) is 0 Å². The molecule has 1 saturated heterocycles. The predicted molar refractivity (Wildman–Crippen MR) is 117 cm³/mol. The predicted octanol–water partition coefficient (Wildman–Crippen LogP) is 1.79. The van der Waals surface area contributed by atoms with Crippen molar-refractivity contribution in [2.45, 2.75) is 51.1 Å². The summed E-state index contributed by atoms with van der Waals surface area (Å²) in [6, 6.07) is 0.690. The summed E-state index contributed by atoms with van der Waals surface area (Å²) in [5.74, 6) is -1.98. The summed E-state index contributed by atoms with van der Waals surface area (Å²) in [5.41, 5.74) is 6.86. The Morgan fingerprint density at radius 1 is 1.32 bits per heavy atom. The van der Waals surface area contributed by atoms with E-state index in [1.807, 2.05) is 4.90 Å². The number of carboxylic acid groups (broad SMARTS) is 1. The SMILES string of the molecule is Cc1c(N2CC[C@H](NC(=O)[C@H](C)N)C2)c(F)cn2c(=O)c(C(=O)O)cc(C3CC3)c12.Cl. The zero-order chi connectivity index (χ0) is 21.7. The van der Waals surface area contributed by atoms with E-state index in [-0.39, 0.29) is 35.8 Å². The average molecular weight is 453 g/mol. The van der Waals surface area contributed by atoms with Crippen molar-refractivity contribution in [3.63, 3.8) is 0 Å². The lowest BCUT2D eigenvalue weighted by Crippen LogP contribution is -2.45. The fourth-order valence-electron chi connectivity index (χ4n) is 4.30. The maximum Gasteiger partial charge on any atom is 0.341 e. The van der Waals surface area contributed by atoms with Gasteiger partial charge in [0.05, 0.1) is 23.4 Å². The lowest BCUT2D eigenvalue weighted by Gasteiger charge is -2.24. The quantitative estimate of drug-likeness (QED) is 0.636. The molecule has 31 heavy (non-hydrogen) atoms. The number of nitrogens with one attached hydrogen (secondary N) is 1. The Labute approximate surface area is 184 Å². The normalized spacial score (nSPS) is 19.2. The molecule has 3 heterocycles. The number of fused-ring (bicyclic) bond motifs is 1. The molecule has 1 aliphatic carbocycles. The fraction of sp³-hybridized carbons (Fsp3) is 0.476. The molecule has 0 radical (unpaired) electrons. The Morgan fingerprint density at radius 3 is 2.58 bits per heavy atom. The summed E-state index contributed by atoms with van der Waals surface area (Å²) < 4.78 is 16.3. The highest BCUT2D eigenvalue weighted by Gasteiger charge is 2.32. The monoisotopic (exact) mass is 452 g/mol. The Morgan fingerprint density at radius 2 is 2.00 bits per heavy atom. The van der Waals surface area contributed by atoms with Crippen molar-refractivity contribution in [1.29, 1.82) is 0 Å². The zero-order valence-corrected chi connectivity index (χ0v) is 18.2. The van der Waals surface area contributed by atoms with Crippen molar-refractivity contribution in [3.8, 4) is 0 Å². The summed E-state index contributed by atoms with van der Waals surface area (Å²) in [6.07, 6.45) is 3.57. The molecule has 4 rings (SSSR count). The Hall–Kier alpha value is -2.65. The maximum atomic E-state index is 15.2. The highest BCUT2D eigenvalue weighted by molar-refractivity contribution is 5.89. The number of aromatic carboxylic acids is 1. The molecule has 0 aromatic carbocycles. The number of nitrogens with two attached hydrogens (primary N) is 1. The molecule has 8 nitrogen and oxygen atoms in total. The van der Waals surface area contributed by atoms with Gasteiger partial charge >= 0.3 is 5.97 Å². The third-order valence-electron chi connectivity index (χ3n) is 5.95. The molecule has 0 unspecified atom stereocenters. The van der Waals surface area contributed by atoms with Gasteiger partial charge in [0.2, 0.25) is 5.91 Å². The van der Waals surface area contributed by atoms with E-state index in [2.05, 4.69) is 5.32 Å². The van der Waals surface area contributed by atoms with Crippen LogP contribution in [-0.2, 0) is 4.79 Å². The van der Waals surface area contributed by atoms with Gasteiger partial charge in [-0.05, 0) is 56.2 Å². The van der Waals surface area contributed by atoms with Crippen LogP contribution in [0.25, 0.3) is 5.52 Å². The highest BCUT2D eigenvalue weighted by atomic mass is 35.5. The summed E-state index contributed by atoms with van der Waals surface area (Å²) in [6.45, 7) is 4.35. The molecule has 168 valence electrons. The molecule has 2 aromatic heterocycles. The van der Waals surface area contributed by atoms with Crippen molar-refractivity contribution < 1.29 is 19.1 Å². The number of aryl methyl sites for hydroxylation is 1. The van der Waals surface area contributed by atoms with Crippen molar-refractivity contribution in [1.82, 2.24) is 9.72 Å². The first-order chi connectivity index (χ1) is 14.2. The maximum absolute atomic E-state index is 15.2. The second kappa shape index (κ2) is 8.47. The number of halogens is 2. The third kappa shape index (κ3) is 4.12. The summed E-state index contributed by atoms with van der Waals surface area (Å²) in [5, 5.41) is 12.3. The van der Waals surface area contributed by atoms with E-state index in [0.29, 0.717) is 36.3 Å². The first-order valence-corrected chi connectivity index (χ1v) is 10.1. The van der Waals surface area contributed by atoms with Gasteiger partial charge in [-0.15, -0.1) is 12.4 Å². The van der Waals surface area contributed by atoms with Gasteiger partial charge in [-0.25, -0.2) is 9.18 Å². The van der Waals surface area contributed by atoms with Crippen LogP contribution in [0.4, 0.5) is 10.1 Å². The van der Waals surface area contributed by atoms with E-state index in [1.165, 1.54) is 6.07 Å². The Balaban J connectivity index is 0.00000272. The molecular formula is C21H26ClFN4O4. The van der Waals surface area contributed by atoms with Gasteiger partial charge in [-0.2, -0.15) is 0 Å². The van der Waals surface area contributed by atoms with Crippen LogP contribution >= 0.6 is 12.4 Å². The molecule has 10 heteroatoms.